The second kappa shape index (κ2) is 6.76. The molecule has 0 radical (unpaired) electrons. The van der Waals surface area contributed by atoms with Gasteiger partial charge in [-0.3, -0.25) is 4.79 Å². The Labute approximate surface area is 130 Å². The number of carbonyl (C=O) groups is 1. The number of nitrogens with two attached hydrogens (primary N) is 1. The number of hydrogen-bond acceptors (Lipinski definition) is 3. The molecule has 2 aromatic rings. The summed E-state index contributed by atoms with van der Waals surface area (Å²) in [5, 5.41) is 7.84. The van der Waals surface area contributed by atoms with E-state index in [4.69, 9.17) is 5.14 Å². The van der Waals surface area contributed by atoms with E-state index in [0.29, 0.717) is 19.4 Å². The van der Waals surface area contributed by atoms with Gasteiger partial charge >= 0.3 is 0 Å². The lowest BCUT2D eigenvalue weighted by Gasteiger charge is -2.07. The van der Waals surface area contributed by atoms with Gasteiger partial charge in [0, 0.05) is 31.9 Å². The zero-order valence-electron chi connectivity index (χ0n) is 12.3. The molecule has 1 aromatic carbocycles. The summed E-state index contributed by atoms with van der Waals surface area (Å²) in [6.45, 7) is 0.358. The van der Waals surface area contributed by atoms with Crippen molar-refractivity contribution in [1.29, 1.82) is 0 Å². The van der Waals surface area contributed by atoms with Crippen LogP contribution in [0.2, 0.25) is 0 Å². The van der Waals surface area contributed by atoms with Crippen molar-refractivity contribution in [2.45, 2.75) is 24.3 Å². The second-order valence-corrected chi connectivity index (χ2v) is 6.64. The molecule has 0 saturated carbocycles. The van der Waals surface area contributed by atoms with E-state index in [0.717, 1.165) is 11.3 Å². The van der Waals surface area contributed by atoms with E-state index in [2.05, 4.69) is 5.32 Å². The topological polar surface area (TPSA) is 94.2 Å². The van der Waals surface area contributed by atoms with Crippen LogP contribution in [0.5, 0.6) is 0 Å². The molecule has 118 valence electrons. The molecule has 0 saturated heterocycles. The maximum absolute atomic E-state index is 11.8. The molecule has 0 aliphatic heterocycles. The number of aryl methyl sites for hydroxylation is 2. The van der Waals surface area contributed by atoms with Gasteiger partial charge in [0.1, 0.15) is 0 Å². The number of amides is 1. The van der Waals surface area contributed by atoms with E-state index in [9.17, 15) is 13.2 Å². The van der Waals surface area contributed by atoms with E-state index in [-0.39, 0.29) is 10.8 Å². The largest absolute Gasteiger partial charge is 0.354 e. The van der Waals surface area contributed by atoms with Gasteiger partial charge in [0.2, 0.25) is 15.9 Å². The van der Waals surface area contributed by atoms with Gasteiger partial charge in [0.15, 0.2) is 0 Å². The van der Waals surface area contributed by atoms with Crippen LogP contribution >= 0.6 is 0 Å². The highest BCUT2D eigenvalue weighted by molar-refractivity contribution is 7.89. The second-order valence-electron chi connectivity index (χ2n) is 5.08. The van der Waals surface area contributed by atoms with Crippen molar-refractivity contribution in [3.8, 4) is 0 Å². The minimum atomic E-state index is -3.68. The first-order valence-electron chi connectivity index (χ1n) is 6.85. The van der Waals surface area contributed by atoms with Crippen molar-refractivity contribution in [2.24, 2.45) is 12.2 Å². The molecule has 0 aliphatic rings. The molecule has 3 N–H and O–H groups in total. The minimum absolute atomic E-state index is 0.0447. The number of carbonyl (C=O) groups excluding carboxylic acids is 1. The maximum atomic E-state index is 11.8. The summed E-state index contributed by atoms with van der Waals surface area (Å²) in [7, 11) is -1.73. The highest BCUT2D eigenvalue weighted by atomic mass is 32.2. The minimum Gasteiger partial charge on any atom is -0.354 e. The zero-order chi connectivity index (χ0) is 16.2. The molecule has 0 atom stereocenters. The molecule has 1 heterocycles. The van der Waals surface area contributed by atoms with Gasteiger partial charge < -0.3 is 9.88 Å². The first-order valence-corrected chi connectivity index (χ1v) is 8.39. The van der Waals surface area contributed by atoms with Gasteiger partial charge in [0.05, 0.1) is 4.90 Å². The first-order chi connectivity index (χ1) is 10.4. The zero-order valence-corrected chi connectivity index (χ0v) is 13.1. The normalized spacial score (nSPS) is 11.4. The molecule has 1 aromatic heterocycles. The molecule has 22 heavy (non-hydrogen) atoms. The molecular weight excluding hydrogens is 302 g/mol. The SMILES string of the molecule is Cn1cccc1CCC(=O)NCc1ccc(S(N)(=O)=O)cc1. The number of nitrogens with zero attached hydrogens (tertiary/aromatic N) is 1. The third-order valence-electron chi connectivity index (χ3n) is 3.40. The molecule has 6 nitrogen and oxygen atoms in total. The standard InChI is InChI=1S/C15H19N3O3S/c1-18-10-2-3-13(18)6-9-15(19)17-11-12-4-7-14(8-5-12)22(16,20)21/h2-5,7-8,10H,6,9,11H2,1H3,(H,17,19)(H2,16,20,21). The van der Waals surface area contributed by atoms with Crippen LogP contribution in [-0.4, -0.2) is 18.9 Å². The Morgan fingerprint density at radius 2 is 1.91 bits per heavy atom. The third kappa shape index (κ3) is 4.44. The van der Waals surface area contributed by atoms with E-state index in [1.165, 1.54) is 12.1 Å². The summed E-state index contributed by atoms with van der Waals surface area (Å²) in [5.74, 6) is -0.0447. The monoisotopic (exact) mass is 321 g/mol. The van der Waals surface area contributed by atoms with E-state index in [1.807, 2.05) is 29.9 Å². The summed E-state index contributed by atoms with van der Waals surface area (Å²) in [6, 6.07) is 10.1. The van der Waals surface area contributed by atoms with Gasteiger partial charge in [-0.2, -0.15) is 0 Å². The van der Waals surface area contributed by atoms with Crippen LogP contribution in [0.1, 0.15) is 17.7 Å². The molecule has 0 unspecified atom stereocenters. The summed E-state index contributed by atoms with van der Waals surface area (Å²) in [4.78, 5) is 11.9. The highest BCUT2D eigenvalue weighted by Gasteiger charge is 2.07. The van der Waals surface area contributed by atoms with Crippen LogP contribution in [0.4, 0.5) is 0 Å². The van der Waals surface area contributed by atoms with Crippen LogP contribution in [0.3, 0.4) is 0 Å². The van der Waals surface area contributed by atoms with E-state index in [1.54, 1.807) is 12.1 Å². The third-order valence-corrected chi connectivity index (χ3v) is 4.33. The van der Waals surface area contributed by atoms with Gasteiger partial charge in [-0.1, -0.05) is 12.1 Å². The average molecular weight is 321 g/mol. The number of benzene rings is 1. The molecule has 0 spiro atoms. The molecule has 1 amide bonds. The quantitative estimate of drug-likeness (QED) is 0.828. The van der Waals surface area contributed by atoms with Gasteiger partial charge in [0.25, 0.3) is 0 Å². The Balaban J connectivity index is 1.82. The van der Waals surface area contributed by atoms with E-state index < -0.39 is 10.0 Å². The Hall–Kier alpha value is -2.12. The number of hydrogen-bond donors (Lipinski definition) is 2. The molecule has 0 aliphatic carbocycles. The fourth-order valence-electron chi connectivity index (χ4n) is 2.08. The lowest BCUT2D eigenvalue weighted by atomic mass is 10.2. The van der Waals surface area contributed by atoms with Crippen LogP contribution in [0, 0.1) is 0 Å². The van der Waals surface area contributed by atoms with Crippen molar-refractivity contribution < 1.29 is 13.2 Å². The number of nitrogens with one attached hydrogen (secondary N) is 1. The Kier molecular flexibility index (Phi) is 4.99. The van der Waals surface area contributed by atoms with E-state index >= 15 is 0 Å². The fraction of sp³-hybridized carbons (Fsp3) is 0.267. The van der Waals surface area contributed by atoms with Gasteiger partial charge in [-0.05, 0) is 36.2 Å². The number of primary sulfonamides is 1. The van der Waals surface area contributed by atoms with Crippen molar-refractivity contribution >= 4 is 15.9 Å². The van der Waals surface area contributed by atoms with Crippen LogP contribution < -0.4 is 10.5 Å². The van der Waals surface area contributed by atoms with Crippen molar-refractivity contribution in [3.63, 3.8) is 0 Å². The average Bonchev–Trinajstić information content (AvgIpc) is 2.88. The summed E-state index contributed by atoms with van der Waals surface area (Å²) in [6.07, 6.45) is 3.03. The molecule has 2 rings (SSSR count). The van der Waals surface area contributed by atoms with Crippen LogP contribution in [0.15, 0.2) is 47.5 Å². The number of aromatic nitrogens is 1. The van der Waals surface area contributed by atoms with Crippen molar-refractivity contribution in [3.05, 3.63) is 53.9 Å². The lowest BCUT2D eigenvalue weighted by molar-refractivity contribution is -0.121. The predicted octanol–water partition coefficient (Wildman–Crippen LogP) is 0.922. The Morgan fingerprint density at radius 3 is 2.45 bits per heavy atom. The number of rotatable bonds is 6. The van der Waals surface area contributed by atoms with Crippen LogP contribution in [-0.2, 0) is 34.8 Å². The predicted molar refractivity (Wildman–Crippen MR) is 83.4 cm³/mol. The molecular formula is C15H19N3O3S. The fourth-order valence-corrected chi connectivity index (χ4v) is 2.60. The van der Waals surface area contributed by atoms with Crippen molar-refractivity contribution in [2.75, 3.05) is 0 Å². The van der Waals surface area contributed by atoms with Crippen molar-refractivity contribution in [1.82, 2.24) is 9.88 Å². The highest BCUT2D eigenvalue weighted by Crippen LogP contribution is 2.09. The lowest BCUT2D eigenvalue weighted by Crippen LogP contribution is -2.23. The smallest absolute Gasteiger partial charge is 0.238 e. The maximum Gasteiger partial charge on any atom is 0.238 e. The Bertz CT molecular complexity index is 749. The Morgan fingerprint density at radius 1 is 1.23 bits per heavy atom. The summed E-state index contributed by atoms with van der Waals surface area (Å²) >= 11 is 0. The molecule has 7 heteroatoms. The van der Waals surface area contributed by atoms with Crippen LogP contribution in [0.25, 0.3) is 0 Å². The summed E-state index contributed by atoms with van der Waals surface area (Å²) < 4.78 is 24.3. The van der Waals surface area contributed by atoms with Gasteiger partial charge in [-0.15, -0.1) is 0 Å². The first kappa shape index (κ1) is 16.3. The summed E-state index contributed by atoms with van der Waals surface area (Å²) in [5.41, 5.74) is 1.92. The molecule has 0 fully saturated rings. The molecule has 0 bridgehead atoms. The number of sulfonamides is 1. The van der Waals surface area contributed by atoms with Gasteiger partial charge in [-0.25, -0.2) is 13.6 Å².